The summed E-state index contributed by atoms with van der Waals surface area (Å²) in [5.74, 6) is 0. The van der Waals surface area contributed by atoms with Crippen molar-refractivity contribution in [2.45, 2.75) is 52.3 Å². The molecule has 7 nitrogen and oxygen atoms in total. The maximum absolute atomic E-state index is 10.7. The zero-order valence-electron chi connectivity index (χ0n) is 14.3. The Morgan fingerprint density at radius 1 is 1.19 bits per heavy atom. The van der Waals surface area contributed by atoms with Gasteiger partial charge in [-0.3, -0.25) is 0 Å². The minimum atomic E-state index is -1.70. The van der Waals surface area contributed by atoms with E-state index < -0.39 is 55.5 Å². The molecule has 0 saturated carbocycles. The van der Waals surface area contributed by atoms with Crippen molar-refractivity contribution in [3.63, 3.8) is 0 Å². The normalized spacial score (nSPS) is 38.1. The number of aliphatic hydroxyl groups excluding tert-OH is 5. The Bertz CT molecular complexity index is 652. The SMILES string of the molecule is OC[C@@H]1[C@@H](O)[C@H](O)C[Se+]1C[C@@H](O)[C@H]1OC(c2ccc(Cl)cc2Cl)OC[C@H]1O. The molecule has 2 aliphatic rings. The van der Waals surface area contributed by atoms with Crippen LogP contribution in [-0.2, 0) is 9.47 Å². The predicted molar refractivity (Wildman–Crippen MR) is 100 cm³/mol. The van der Waals surface area contributed by atoms with E-state index in [1.54, 1.807) is 18.2 Å². The van der Waals surface area contributed by atoms with Gasteiger partial charge < -0.3 is 0 Å². The van der Waals surface area contributed by atoms with Crippen molar-refractivity contribution < 1.29 is 35.0 Å². The van der Waals surface area contributed by atoms with Gasteiger partial charge in [-0.15, -0.1) is 0 Å². The topological polar surface area (TPSA) is 120 Å². The molecule has 0 aromatic heterocycles. The molecule has 2 aliphatic heterocycles. The van der Waals surface area contributed by atoms with Gasteiger partial charge >= 0.3 is 171 Å². The predicted octanol–water partition coefficient (Wildman–Crippen LogP) is 0.722. The zero-order chi connectivity index (χ0) is 19.7. The second-order valence-corrected chi connectivity index (χ2v) is 12.5. The van der Waals surface area contributed by atoms with Crippen LogP contribution in [0.1, 0.15) is 11.9 Å². The molecule has 1 aromatic rings. The molecule has 1 aromatic carbocycles. The molecule has 152 valence electrons. The van der Waals surface area contributed by atoms with Crippen molar-refractivity contribution >= 4 is 37.1 Å². The van der Waals surface area contributed by atoms with E-state index in [-0.39, 0.29) is 18.5 Å². The molecule has 2 heterocycles. The van der Waals surface area contributed by atoms with Crippen molar-refractivity contribution in [1.29, 1.82) is 0 Å². The Kier molecular flexibility index (Phi) is 7.44. The third kappa shape index (κ3) is 4.79. The number of aliphatic hydroxyl groups is 5. The van der Waals surface area contributed by atoms with Crippen molar-refractivity contribution in [2.75, 3.05) is 13.2 Å². The molecule has 2 unspecified atom stereocenters. The summed E-state index contributed by atoms with van der Waals surface area (Å²) in [6, 6.07) is 4.86. The summed E-state index contributed by atoms with van der Waals surface area (Å²) in [5.41, 5.74) is 0.543. The summed E-state index contributed by atoms with van der Waals surface area (Å²) in [6.07, 6.45) is -5.68. The van der Waals surface area contributed by atoms with Crippen LogP contribution in [0.4, 0.5) is 0 Å². The third-order valence-corrected chi connectivity index (χ3v) is 11.3. The summed E-state index contributed by atoms with van der Waals surface area (Å²) >= 11 is 10.4. The van der Waals surface area contributed by atoms with Crippen LogP contribution >= 0.6 is 23.2 Å². The number of hydrogen-bond donors (Lipinski definition) is 5. The zero-order valence-corrected chi connectivity index (χ0v) is 17.5. The number of rotatable bonds is 5. The summed E-state index contributed by atoms with van der Waals surface area (Å²) in [6.45, 7) is -0.277. The maximum atomic E-state index is 10.7. The van der Waals surface area contributed by atoms with Crippen LogP contribution in [0.5, 0.6) is 0 Å². The van der Waals surface area contributed by atoms with Gasteiger partial charge in [-0.1, -0.05) is 0 Å². The summed E-state index contributed by atoms with van der Waals surface area (Å²) in [7, 11) is 0. The summed E-state index contributed by atoms with van der Waals surface area (Å²) < 4.78 is 11.3. The Hall–Kier alpha value is 0.0395. The first-order valence-corrected chi connectivity index (χ1v) is 12.7. The van der Waals surface area contributed by atoms with Crippen molar-refractivity contribution in [3.8, 4) is 0 Å². The molecule has 0 radical (unpaired) electrons. The van der Waals surface area contributed by atoms with Crippen molar-refractivity contribution in [2.24, 2.45) is 0 Å². The van der Waals surface area contributed by atoms with Crippen LogP contribution in [0.25, 0.3) is 0 Å². The Balaban J connectivity index is 1.69. The van der Waals surface area contributed by atoms with Gasteiger partial charge in [-0.2, -0.15) is 0 Å². The molecule has 0 bridgehead atoms. The van der Waals surface area contributed by atoms with Crippen LogP contribution in [0, 0.1) is 0 Å². The van der Waals surface area contributed by atoms with Crippen LogP contribution in [-0.4, -0.2) is 83.2 Å². The van der Waals surface area contributed by atoms with E-state index in [9.17, 15) is 25.5 Å². The van der Waals surface area contributed by atoms with Crippen LogP contribution < -0.4 is 0 Å². The first-order chi connectivity index (χ1) is 12.8. The molecule has 5 N–H and O–H groups in total. The molecule has 2 fully saturated rings. The van der Waals surface area contributed by atoms with Gasteiger partial charge in [-0.25, -0.2) is 0 Å². The number of ether oxygens (including phenoxy) is 2. The van der Waals surface area contributed by atoms with E-state index in [4.69, 9.17) is 32.7 Å². The fourth-order valence-corrected chi connectivity index (χ4v) is 9.49. The minimum absolute atomic E-state index is 0.0370. The van der Waals surface area contributed by atoms with E-state index in [0.717, 1.165) is 0 Å². The van der Waals surface area contributed by atoms with Crippen LogP contribution in [0.15, 0.2) is 18.2 Å². The van der Waals surface area contributed by atoms with Gasteiger partial charge in [-0.05, 0) is 0 Å². The van der Waals surface area contributed by atoms with Crippen LogP contribution in [0.3, 0.4) is 0 Å². The number of benzene rings is 1. The molecule has 0 amide bonds. The molecule has 2 saturated heterocycles. The standard InChI is InChI=1S/C17H23Cl2O7Se/c18-8-1-2-9(10(19)3-8)17-25-5-11(21)16(26-17)13(23)7-27-6-12(22)15(24)14(27)4-20/h1-3,11-17,20-24H,4-7H2/q+1/t11-,12-,13-,14-,15+,16+,17?,27?/m1/s1. The number of hydrogen-bond acceptors (Lipinski definition) is 7. The van der Waals surface area contributed by atoms with Gasteiger partial charge in [0.15, 0.2) is 0 Å². The van der Waals surface area contributed by atoms with Crippen LogP contribution in [0.2, 0.25) is 25.5 Å². The van der Waals surface area contributed by atoms with Crippen molar-refractivity contribution in [3.05, 3.63) is 33.8 Å². The quantitative estimate of drug-likeness (QED) is 0.387. The van der Waals surface area contributed by atoms with E-state index in [1.807, 2.05) is 0 Å². The van der Waals surface area contributed by atoms with Gasteiger partial charge in [0.25, 0.3) is 0 Å². The van der Waals surface area contributed by atoms with Crippen molar-refractivity contribution in [1.82, 2.24) is 0 Å². The number of halogens is 2. The fraction of sp³-hybridized carbons (Fsp3) is 0.647. The molecular formula is C17H23Cl2O7Se+. The van der Waals surface area contributed by atoms with Gasteiger partial charge in [0.05, 0.1) is 0 Å². The molecule has 10 heteroatoms. The van der Waals surface area contributed by atoms with E-state index in [1.165, 1.54) is 0 Å². The first-order valence-electron chi connectivity index (χ1n) is 8.53. The van der Waals surface area contributed by atoms with E-state index in [0.29, 0.717) is 20.9 Å². The average Bonchev–Trinajstić information content (AvgIpc) is 2.88. The Morgan fingerprint density at radius 2 is 1.93 bits per heavy atom. The van der Waals surface area contributed by atoms with E-state index in [2.05, 4.69) is 0 Å². The Morgan fingerprint density at radius 3 is 2.59 bits per heavy atom. The fourth-order valence-electron chi connectivity index (χ4n) is 3.36. The Labute approximate surface area is 171 Å². The second-order valence-electron chi connectivity index (χ2n) is 6.72. The molecule has 8 atom stereocenters. The van der Waals surface area contributed by atoms with Gasteiger partial charge in [0.2, 0.25) is 0 Å². The molecule has 0 spiro atoms. The molecular weight excluding hydrogens is 466 g/mol. The molecule has 0 aliphatic carbocycles. The average molecular weight is 489 g/mol. The monoisotopic (exact) mass is 489 g/mol. The van der Waals surface area contributed by atoms with E-state index >= 15 is 0 Å². The van der Waals surface area contributed by atoms with Gasteiger partial charge in [0.1, 0.15) is 0 Å². The first kappa shape index (κ1) is 21.7. The molecule has 27 heavy (non-hydrogen) atoms. The van der Waals surface area contributed by atoms with Gasteiger partial charge in [0, 0.05) is 0 Å². The molecule has 3 rings (SSSR count). The summed E-state index contributed by atoms with van der Waals surface area (Å²) in [5, 5.41) is 51.7. The summed E-state index contributed by atoms with van der Waals surface area (Å²) in [4.78, 5) is -0.409. The second kappa shape index (κ2) is 9.24. The third-order valence-electron chi connectivity index (χ3n) is 4.83.